The van der Waals surface area contributed by atoms with Crippen LogP contribution in [0.5, 0.6) is 5.75 Å². The van der Waals surface area contributed by atoms with Crippen molar-refractivity contribution >= 4 is 29.1 Å². The zero-order valence-electron chi connectivity index (χ0n) is 16.5. The number of carbonyl (C=O) groups is 4. The lowest BCUT2D eigenvalue weighted by Crippen LogP contribution is -2.26. The topological polar surface area (TPSA) is 98.8 Å². The fraction of sp³-hybridized carbons (Fsp3) is 0.0833. The molecule has 0 aromatic heterocycles. The summed E-state index contributed by atoms with van der Waals surface area (Å²) in [6, 6.07) is 17.5. The number of fused-ring (bicyclic) bond motifs is 2. The molecular formula is C24H17NO6. The predicted octanol–water partition coefficient (Wildman–Crippen LogP) is 3.27. The van der Waals surface area contributed by atoms with E-state index in [2.05, 4.69) is 5.32 Å². The van der Waals surface area contributed by atoms with Gasteiger partial charge in [-0.1, -0.05) is 36.4 Å². The molecule has 0 heterocycles. The van der Waals surface area contributed by atoms with Crippen LogP contribution in [-0.4, -0.2) is 37.2 Å². The largest absolute Gasteiger partial charge is 0.497 e. The van der Waals surface area contributed by atoms with Gasteiger partial charge in [0.25, 0.3) is 5.91 Å². The SMILES string of the molecule is COc1ccc(NC(=O)COC(=O)c2cccc3c2C(=O)c2ccccc2C3=O)cc1. The number of anilines is 1. The number of hydrogen-bond donors (Lipinski definition) is 1. The summed E-state index contributed by atoms with van der Waals surface area (Å²) in [5.41, 5.74) is 1.12. The van der Waals surface area contributed by atoms with Gasteiger partial charge in [0.05, 0.1) is 12.7 Å². The van der Waals surface area contributed by atoms with E-state index in [4.69, 9.17) is 9.47 Å². The molecule has 31 heavy (non-hydrogen) atoms. The lowest BCUT2D eigenvalue weighted by atomic mass is 9.82. The van der Waals surface area contributed by atoms with Gasteiger partial charge < -0.3 is 14.8 Å². The lowest BCUT2D eigenvalue weighted by Gasteiger charge is -2.19. The van der Waals surface area contributed by atoms with Crippen molar-refractivity contribution in [2.75, 3.05) is 19.0 Å². The lowest BCUT2D eigenvalue weighted by molar-refractivity contribution is -0.119. The van der Waals surface area contributed by atoms with Gasteiger partial charge in [0, 0.05) is 27.9 Å². The van der Waals surface area contributed by atoms with Crippen molar-refractivity contribution in [2.24, 2.45) is 0 Å². The minimum Gasteiger partial charge on any atom is -0.497 e. The molecule has 1 aliphatic carbocycles. The molecule has 0 fully saturated rings. The second-order valence-electron chi connectivity index (χ2n) is 6.78. The summed E-state index contributed by atoms with van der Waals surface area (Å²) < 4.78 is 10.2. The number of methoxy groups -OCH3 is 1. The average Bonchev–Trinajstić information content (AvgIpc) is 2.81. The first-order valence-corrected chi connectivity index (χ1v) is 9.42. The zero-order valence-corrected chi connectivity index (χ0v) is 16.5. The Morgan fingerprint density at radius 2 is 1.45 bits per heavy atom. The number of ether oxygens (including phenoxy) is 2. The van der Waals surface area contributed by atoms with Crippen LogP contribution in [0, 0.1) is 0 Å². The summed E-state index contributed by atoms with van der Waals surface area (Å²) in [6.45, 7) is -0.548. The molecule has 4 rings (SSSR count). The van der Waals surface area contributed by atoms with Crippen LogP contribution in [0.3, 0.4) is 0 Å². The van der Waals surface area contributed by atoms with E-state index in [-0.39, 0.29) is 28.0 Å². The molecule has 7 nitrogen and oxygen atoms in total. The van der Waals surface area contributed by atoms with Crippen molar-refractivity contribution in [2.45, 2.75) is 0 Å². The molecule has 0 aliphatic heterocycles. The molecular weight excluding hydrogens is 398 g/mol. The van der Waals surface area contributed by atoms with Crippen LogP contribution in [0.15, 0.2) is 66.7 Å². The van der Waals surface area contributed by atoms with Crippen LogP contribution in [0.4, 0.5) is 5.69 Å². The third-order valence-electron chi connectivity index (χ3n) is 4.88. The van der Waals surface area contributed by atoms with E-state index in [1.807, 2.05) is 0 Å². The molecule has 0 radical (unpaired) electrons. The number of esters is 1. The van der Waals surface area contributed by atoms with Crippen molar-refractivity contribution in [1.82, 2.24) is 0 Å². The number of hydrogen-bond acceptors (Lipinski definition) is 6. The number of nitrogens with one attached hydrogen (secondary N) is 1. The van der Waals surface area contributed by atoms with Gasteiger partial charge in [0.2, 0.25) is 0 Å². The average molecular weight is 415 g/mol. The van der Waals surface area contributed by atoms with Gasteiger partial charge in [0.15, 0.2) is 18.2 Å². The molecule has 0 bridgehead atoms. The second-order valence-corrected chi connectivity index (χ2v) is 6.78. The van der Waals surface area contributed by atoms with E-state index in [0.29, 0.717) is 17.0 Å². The fourth-order valence-electron chi connectivity index (χ4n) is 3.40. The van der Waals surface area contributed by atoms with Crippen LogP contribution >= 0.6 is 0 Å². The summed E-state index contributed by atoms with van der Waals surface area (Å²) in [6.07, 6.45) is 0. The molecule has 0 saturated carbocycles. The van der Waals surface area contributed by atoms with Crippen molar-refractivity contribution in [1.29, 1.82) is 0 Å². The second kappa shape index (κ2) is 8.23. The number of amides is 1. The van der Waals surface area contributed by atoms with Crippen LogP contribution in [-0.2, 0) is 9.53 Å². The van der Waals surface area contributed by atoms with Crippen LogP contribution < -0.4 is 10.1 Å². The Bertz CT molecular complexity index is 1210. The maximum Gasteiger partial charge on any atom is 0.339 e. The Kier molecular flexibility index (Phi) is 5.32. The Morgan fingerprint density at radius 3 is 2.13 bits per heavy atom. The van der Waals surface area contributed by atoms with Gasteiger partial charge in [-0.2, -0.15) is 0 Å². The normalized spacial score (nSPS) is 11.9. The van der Waals surface area contributed by atoms with E-state index in [1.54, 1.807) is 48.5 Å². The highest BCUT2D eigenvalue weighted by molar-refractivity contribution is 6.30. The maximum absolute atomic E-state index is 13.0. The number of carbonyl (C=O) groups excluding carboxylic acids is 4. The first-order valence-electron chi connectivity index (χ1n) is 9.42. The Balaban J connectivity index is 1.50. The summed E-state index contributed by atoms with van der Waals surface area (Å²) in [5, 5.41) is 2.60. The van der Waals surface area contributed by atoms with Gasteiger partial charge in [0.1, 0.15) is 5.75 Å². The number of ketones is 2. The molecule has 0 saturated heterocycles. The van der Waals surface area contributed by atoms with Crippen molar-refractivity contribution in [3.8, 4) is 5.75 Å². The van der Waals surface area contributed by atoms with Gasteiger partial charge in [-0.25, -0.2) is 4.79 Å². The minimum atomic E-state index is -0.859. The molecule has 1 aliphatic rings. The summed E-state index contributed by atoms with van der Waals surface area (Å²) >= 11 is 0. The monoisotopic (exact) mass is 415 g/mol. The van der Waals surface area contributed by atoms with Crippen LogP contribution in [0.25, 0.3) is 0 Å². The van der Waals surface area contributed by atoms with E-state index in [9.17, 15) is 19.2 Å². The third kappa shape index (κ3) is 3.81. The van der Waals surface area contributed by atoms with Gasteiger partial charge in [-0.05, 0) is 30.3 Å². The predicted molar refractivity (Wildman–Crippen MR) is 112 cm³/mol. The molecule has 0 spiro atoms. The van der Waals surface area contributed by atoms with Crippen molar-refractivity contribution < 1.29 is 28.7 Å². The summed E-state index contributed by atoms with van der Waals surface area (Å²) in [7, 11) is 1.53. The molecule has 3 aromatic carbocycles. The third-order valence-corrected chi connectivity index (χ3v) is 4.88. The molecule has 154 valence electrons. The molecule has 1 amide bonds. The molecule has 7 heteroatoms. The van der Waals surface area contributed by atoms with Crippen molar-refractivity contribution in [3.63, 3.8) is 0 Å². The standard InChI is InChI=1S/C24H17NO6/c1-30-15-11-9-14(10-12-15)25-20(26)13-31-24(29)19-8-4-7-18-21(19)23(28)17-6-3-2-5-16(17)22(18)27/h2-12H,13H2,1H3,(H,25,26). The van der Waals surface area contributed by atoms with Gasteiger partial charge >= 0.3 is 5.97 Å². The highest BCUT2D eigenvalue weighted by Crippen LogP contribution is 2.29. The molecule has 0 atom stereocenters. The van der Waals surface area contributed by atoms with E-state index in [1.165, 1.54) is 25.3 Å². The van der Waals surface area contributed by atoms with Gasteiger partial charge in [-0.15, -0.1) is 0 Å². The van der Waals surface area contributed by atoms with Crippen LogP contribution in [0.1, 0.15) is 42.2 Å². The highest BCUT2D eigenvalue weighted by Gasteiger charge is 2.33. The zero-order chi connectivity index (χ0) is 22.0. The van der Waals surface area contributed by atoms with E-state index in [0.717, 1.165) is 0 Å². The fourth-order valence-corrected chi connectivity index (χ4v) is 3.40. The highest BCUT2D eigenvalue weighted by atomic mass is 16.5. The van der Waals surface area contributed by atoms with E-state index >= 15 is 0 Å². The van der Waals surface area contributed by atoms with E-state index < -0.39 is 24.3 Å². The minimum absolute atomic E-state index is 0.00763. The maximum atomic E-state index is 13.0. The smallest absolute Gasteiger partial charge is 0.339 e. The van der Waals surface area contributed by atoms with Crippen molar-refractivity contribution in [3.05, 3.63) is 94.5 Å². The number of benzene rings is 3. The summed E-state index contributed by atoms with van der Waals surface area (Å²) in [5.74, 6) is -1.53. The number of rotatable bonds is 5. The quantitative estimate of drug-likeness (QED) is 0.503. The Morgan fingerprint density at radius 1 is 0.806 bits per heavy atom. The first-order chi connectivity index (χ1) is 15.0. The molecule has 3 aromatic rings. The van der Waals surface area contributed by atoms with Crippen LogP contribution in [0.2, 0.25) is 0 Å². The molecule has 0 unspecified atom stereocenters. The van der Waals surface area contributed by atoms with Gasteiger partial charge in [-0.3, -0.25) is 14.4 Å². The molecule has 1 N–H and O–H groups in total. The Hall–Kier alpha value is -4.26. The first kappa shape index (κ1) is 20.0. The Labute approximate surface area is 177 Å². The summed E-state index contributed by atoms with van der Waals surface area (Å²) in [4.78, 5) is 50.5.